The van der Waals surface area contributed by atoms with E-state index < -0.39 is 0 Å². The van der Waals surface area contributed by atoms with Gasteiger partial charge in [-0.2, -0.15) is 0 Å². The molecule has 0 aliphatic carbocycles. The molecule has 3 N–H and O–H groups in total. The van der Waals surface area contributed by atoms with Crippen molar-refractivity contribution in [2.75, 3.05) is 6.54 Å². The molecule has 0 bridgehead atoms. The summed E-state index contributed by atoms with van der Waals surface area (Å²) in [7, 11) is 0. The third-order valence-electron chi connectivity index (χ3n) is 1.82. The molecule has 0 amide bonds. The standard InChI is InChI=1S/C9H11N3.ClH/c10-6-5-9-11-7-3-1-2-4-8(7)12-9;/h1-4H,5-6,10H2,(H,11,12);1H/p-1. The smallest absolute Gasteiger partial charge is 0.108 e. The minimum Gasteiger partial charge on any atom is -1.00 e. The van der Waals surface area contributed by atoms with Crippen LogP contribution in [0.25, 0.3) is 11.0 Å². The molecule has 0 aliphatic heterocycles. The number of halogens is 1. The summed E-state index contributed by atoms with van der Waals surface area (Å²) in [6, 6.07) is 7.98. The van der Waals surface area contributed by atoms with Crippen molar-refractivity contribution in [3.8, 4) is 0 Å². The highest BCUT2D eigenvalue weighted by Gasteiger charge is 1.98. The number of imidazole rings is 1. The fraction of sp³-hybridized carbons (Fsp3) is 0.222. The van der Waals surface area contributed by atoms with Crippen LogP contribution < -0.4 is 18.1 Å². The Balaban J connectivity index is 0.000000845. The van der Waals surface area contributed by atoms with Gasteiger partial charge in [-0.1, -0.05) is 12.1 Å². The molecule has 4 heteroatoms. The van der Waals surface area contributed by atoms with Gasteiger partial charge in [-0.3, -0.25) is 0 Å². The van der Waals surface area contributed by atoms with E-state index in [1.807, 2.05) is 24.3 Å². The maximum atomic E-state index is 5.42. The first kappa shape index (κ1) is 10.0. The van der Waals surface area contributed by atoms with Crippen LogP contribution in [0.5, 0.6) is 0 Å². The molecule has 0 saturated heterocycles. The van der Waals surface area contributed by atoms with Gasteiger partial charge in [0.1, 0.15) is 5.82 Å². The highest BCUT2D eigenvalue weighted by atomic mass is 35.5. The summed E-state index contributed by atoms with van der Waals surface area (Å²) in [5.74, 6) is 0.971. The molecule has 0 unspecified atom stereocenters. The van der Waals surface area contributed by atoms with Gasteiger partial charge >= 0.3 is 0 Å². The van der Waals surface area contributed by atoms with Crippen LogP contribution in [-0.4, -0.2) is 16.5 Å². The molecule has 3 nitrogen and oxygen atoms in total. The van der Waals surface area contributed by atoms with Gasteiger partial charge in [0.05, 0.1) is 11.0 Å². The van der Waals surface area contributed by atoms with Crippen molar-refractivity contribution in [1.82, 2.24) is 9.97 Å². The van der Waals surface area contributed by atoms with Gasteiger partial charge in [0, 0.05) is 6.42 Å². The van der Waals surface area contributed by atoms with Crippen LogP contribution >= 0.6 is 0 Å². The zero-order chi connectivity index (χ0) is 8.39. The lowest BCUT2D eigenvalue weighted by Gasteiger charge is -1.87. The van der Waals surface area contributed by atoms with Crippen molar-refractivity contribution >= 4 is 11.0 Å². The Hall–Kier alpha value is -1.06. The molecule has 0 atom stereocenters. The topological polar surface area (TPSA) is 54.7 Å². The van der Waals surface area contributed by atoms with Gasteiger partial charge in [0.15, 0.2) is 0 Å². The van der Waals surface area contributed by atoms with E-state index in [1.54, 1.807) is 0 Å². The maximum absolute atomic E-state index is 5.42. The van der Waals surface area contributed by atoms with E-state index >= 15 is 0 Å². The fourth-order valence-electron chi connectivity index (χ4n) is 1.26. The van der Waals surface area contributed by atoms with Crippen LogP contribution in [0.15, 0.2) is 24.3 Å². The summed E-state index contributed by atoms with van der Waals surface area (Å²) in [6.45, 7) is 0.639. The number of aromatic amines is 1. The number of H-pyrrole nitrogens is 1. The molecule has 0 fully saturated rings. The quantitative estimate of drug-likeness (QED) is 0.588. The van der Waals surface area contributed by atoms with Gasteiger partial charge < -0.3 is 23.1 Å². The molecule has 2 rings (SSSR count). The molecule has 0 aliphatic rings. The summed E-state index contributed by atoms with van der Waals surface area (Å²) in [5.41, 5.74) is 7.52. The molecule has 0 saturated carbocycles. The molecule has 70 valence electrons. The van der Waals surface area contributed by atoms with Gasteiger partial charge in [0.25, 0.3) is 0 Å². The Kier molecular flexibility index (Phi) is 3.28. The average molecular weight is 197 g/mol. The minimum atomic E-state index is 0. The number of nitrogens with one attached hydrogen (secondary N) is 1. The Labute approximate surface area is 82.8 Å². The number of nitrogens with zero attached hydrogens (tertiary/aromatic N) is 1. The van der Waals surface area contributed by atoms with Crippen LogP contribution in [-0.2, 0) is 6.42 Å². The monoisotopic (exact) mass is 196 g/mol. The van der Waals surface area contributed by atoms with Crippen molar-refractivity contribution in [3.63, 3.8) is 0 Å². The lowest BCUT2D eigenvalue weighted by molar-refractivity contribution is -0.00000272. The summed E-state index contributed by atoms with van der Waals surface area (Å²) in [5, 5.41) is 0. The molecule has 0 spiro atoms. The Bertz CT molecular complexity index is 350. The average Bonchev–Trinajstić information content (AvgIpc) is 2.47. The second-order valence-electron chi connectivity index (χ2n) is 2.74. The van der Waals surface area contributed by atoms with Gasteiger partial charge in [0.2, 0.25) is 0 Å². The van der Waals surface area contributed by atoms with Gasteiger partial charge in [-0.15, -0.1) is 0 Å². The zero-order valence-corrected chi connectivity index (χ0v) is 7.88. The highest BCUT2D eigenvalue weighted by Crippen LogP contribution is 2.09. The van der Waals surface area contributed by atoms with Crippen LogP contribution in [0.1, 0.15) is 5.82 Å². The Morgan fingerprint density at radius 1 is 1.31 bits per heavy atom. The number of aromatic nitrogens is 2. The van der Waals surface area contributed by atoms with Crippen LogP contribution in [0, 0.1) is 0 Å². The van der Waals surface area contributed by atoms with Crippen LogP contribution in [0.3, 0.4) is 0 Å². The molecule has 0 radical (unpaired) electrons. The highest BCUT2D eigenvalue weighted by molar-refractivity contribution is 5.74. The zero-order valence-electron chi connectivity index (χ0n) is 7.13. The number of rotatable bonds is 2. The number of fused-ring (bicyclic) bond motifs is 1. The lowest BCUT2D eigenvalue weighted by Crippen LogP contribution is -3.00. The maximum Gasteiger partial charge on any atom is 0.108 e. The number of hydrogen-bond donors (Lipinski definition) is 2. The van der Waals surface area contributed by atoms with E-state index in [1.165, 1.54) is 0 Å². The number of nitrogens with two attached hydrogens (primary N) is 1. The predicted octanol–water partition coefficient (Wildman–Crippen LogP) is -1.93. The van der Waals surface area contributed by atoms with Crippen LogP contribution in [0.2, 0.25) is 0 Å². The molecule has 2 aromatic rings. The van der Waals surface area contributed by atoms with Gasteiger partial charge in [-0.25, -0.2) is 4.98 Å². The SMILES string of the molecule is NCCc1nc2ccccc2[nH]1.[Cl-]. The second kappa shape index (κ2) is 4.25. The van der Waals surface area contributed by atoms with Crippen molar-refractivity contribution in [2.45, 2.75) is 6.42 Å². The van der Waals surface area contributed by atoms with E-state index in [4.69, 9.17) is 5.73 Å². The van der Waals surface area contributed by atoms with Crippen molar-refractivity contribution < 1.29 is 12.4 Å². The summed E-state index contributed by atoms with van der Waals surface area (Å²) in [4.78, 5) is 7.57. The minimum absolute atomic E-state index is 0. The van der Waals surface area contributed by atoms with Gasteiger partial charge in [-0.05, 0) is 18.7 Å². The molecule has 13 heavy (non-hydrogen) atoms. The lowest BCUT2D eigenvalue weighted by atomic mass is 10.3. The van der Waals surface area contributed by atoms with E-state index in [2.05, 4.69) is 9.97 Å². The summed E-state index contributed by atoms with van der Waals surface area (Å²) >= 11 is 0. The summed E-state index contributed by atoms with van der Waals surface area (Å²) < 4.78 is 0. The molecular weight excluding hydrogens is 186 g/mol. The normalized spacial score (nSPS) is 9.92. The molecule has 1 aromatic heterocycles. The third-order valence-corrected chi connectivity index (χ3v) is 1.82. The first-order valence-corrected chi connectivity index (χ1v) is 4.04. The molecule has 1 heterocycles. The fourth-order valence-corrected chi connectivity index (χ4v) is 1.26. The molecular formula is C9H11ClN3-. The van der Waals surface area contributed by atoms with Crippen LogP contribution in [0.4, 0.5) is 0 Å². The number of benzene rings is 1. The summed E-state index contributed by atoms with van der Waals surface area (Å²) in [6.07, 6.45) is 0.814. The largest absolute Gasteiger partial charge is 1.00 e. The predicted molar refractivity (Wildman–Crippen MR) is 48.9 cm³/mol. The molecule has 1 aromatic carbocycles. The van der Waals surface area contributed by atoms with E-state index in [0.29, 0.717) is 6.54 Å². The first-order chi connectivity index (χ1) is 5.90. The van der Waals surface area contributed by atoms with Crippen molar-refractivity contribution in [1.29, 1.82) is 0 Å². The van der Waals surface area contributed by atoms with Crippen molar-refractivity contribution in [3.05, 3.63) is 30.1 Å². The Morgan fingerprint density at radius 2 is 2.08 bits per heavy atom. The Morgan fingerprint density at radius 3 is 2.77 bits per heavy atom. The van der Waals surface area contributed by atoms with E-state index in [-0.39, 0.29) is 12.4 Å². The number of para-hydroxylation sites is 2. The number of hydrogen-bond acceptors (Lipinski definition) is 2. The van der Waals surface area contributed by atoms with Crippen molar-refractivity contribution in [2.24, 2.45) is 5.73 Å². The third kappa shape index (κ3) is 1.99. The first-order valence-electron chi connectivity index (χ1n) is 4.04. The van der Waals surface area contributed by atoms with E-state index in [9.17, 15) is 0 Å². The second-order valence-corrected chi connectivity index (χ2v) is 2.74. The van der Waals surface area contributed by atoms with E-state index in [0.717, 1.165) is 23.3 Å².